The molecule has 1 aromatic rings. The van der Waals surface area contributed by atoms with Gasteiger partial charge in [-0.1, -0.05) is 20.3 Å². The van der Waals surface area contributed by atoms with E-state index in [1.807, 2.05) is 13.8 Å². The number of amides is 1. The molecule has 0 bridgehead atoms. The van der Waals surface area contributed by atoms with Crippen LogP contribution in [0.5, 0.6) is 0 Å². The van der Waals surface area contributed by atoms with Crippen molar-refractivity contribution in [2.45, 2.75) is 26.3 Å². The fraction of sp³-hybridized carbons (Fsp3) is 0.455. The molecule has 0 saturated carbocycles. The third kappa shape index (κ3) is 1.68. The molecule has 0 aliphatic carbocycles. The molecule has 1 aliphatic heterocycles. The Morgan fingerprint density at radius 1 is 1.62 bits per heavy atom. The van der Waals surface area contributed by atoms with Crippen molar-refractivity contribution < 1.29 is 14.0 Å². The maximum atomic E-state index is 11.8. The molecule has 0 saturated heterocycles. The smallest absolute Gasteiger partial charge is 0.247 e. The second-order valence-corrected chi connectivity index (χ2v) is 4.01. The summed E-state index contributed by atoms with van der Waals surface area (Å²) in [7, 11) is 0. The number of hydrogen-bond donors (Lipinski definition) is 2. The maximum Gasteiger partial charge on any atom is 0.247 e. The molecule has 2 heterocycles. The van der Waals surface area contributed by atoms with Gasteiger partial charge in [0.1, 0.15) is 11.7 Å². The van der Waals surface area contributed by atoms with Gasteiger partial charge in [0.05, 0.1) is 0 Å². The second kappa shape index (κ2) is 4.00. The monoisotopic (exact) mass is 222 g/mol. The summed E-state index contributed by atoms with van der Waals surface area (Å²) in [4.78, 5) is 22.3. The van der Waals surface area contributed by atoms with Crippen molar-refractivity contribution in [2.75, 3.05) is 10.6 Å². The van der Waals surface area contributed by atoms with Gasteiger partial charge >= 0.3 is 0 Å². The van der Waals surface area contributed by atoms with E-state index in [2.05, 4.69) is 10.6 Å². The Morgan fingerprint density at radius 2 is 2.38 bits per heavy atom. The predicted octanol–water partition coefficient (Wildman–Crippen LogP) is 1.87. The van der Waals surface area contributed by atoms with E-state index in [0.717, 1.165) is 6.42 Å². The zero-order valence-corrected chi connectivity index (χ0v) is 9.24. The molecule has 2 rings (SSSR count). The SMILES string of the molecule is CC[C@H](C)[C@@H]1Nc2oc(C=O)cc2NC1=O. The van der Waals surface area contributed by atoms with Gasteiger partial charge in [0, 0.05) is 6.07 Å². The van der Waals surface area contributed by atoms with E-state index in [0.29, 0.717) is 17.9 Å². The highest BCUT2D eigenvalue weighted by molar-refractivity contribution is 6.02. The number of carbonyl (C=O) groups is 2. The summed E-state index contributed by atoms with van der Waals surface area (Å²) in [5.74, 6) is 0.799. The highest BCUT2D eigenvalue weighted by Crippen LogP contribution is 2.31. The summed E-state index contributed by atoms with van der Waals surface area (Å²) < 4.78 is 5.23. The molecular formula is C11H14N2O3. The molecule has 0 aromatic carbocycles. The summed E-state index contributed by atoms with van der Waals surface area (Å²) >= 11 is 0. The summed E-state index contributed by atoms with van der Waals surface area (Å²) in [5.41, 5.74) is 0.534. The highest BCUT2D eigenvalue weighted by atomic mass is 16.4. The zero-order valence-electron chi connectivity index (χ0n) is 9.24. The van der Waals surface area contributed by atoms with Gasteiger partial charge < -0.3 is 15.1 Å². The molecule has 16 heavy (non-hydrogen) atoms. The van der Waals surface area contributed by atoms with Crippen molar-refractivity contribution in [1.29, 1.82) is 0 Å². The van der Waals surface area contributed by atoms with Crippen LogP contribution in [0, 0.1) is 5.92 Å². The fourth-order valence-corrected chi connectivity index (χ4v) is 1.72. The van der Waals surface area contributed by atoms with Crippen molar-refractivity contribution in [3.8, 4) is 0 Å². The molecule has 5 heteroatoms. The highest BCUT2D eigenvalue weighted by Gasteiger charge is 2.31. The average Bonchev–Trinajstić information content (AvgIpc) is 2.68. The van der Waals surface area contributed by atoms with Crippen molar-refractivity contribution in [2.24, 2.45) is 5.92 Å². The summed E-state index contributed by atoms with van der Waals surface area (Å²) in [5, 5.41) is 5.74. The number of fused-ring (bicyclic) bond motifs is 1. The standard InChI is InChI=1S/C11H14N2O3/c1-3-6(2)9-10(15)12-8-4-7(5-14)16-11(8)13-9/h4-6,9,13H,3H2,1-2H3,(H,12,15)/t6-,9-/m0/s1. The van der Waals surface area contributed by atoms with Crippen LogP contribution in [0.15, 0.2) is 10.5 Å². The number of furan rings is 1. The average molecular weight is 222 g/mol. The van der Waals surface area contributed by atoms with Crippen molar-refractivity contribution in [3.63, 3.8) is 0 Å². The first-order chi connectivity index (χ1) is 7.65. The molecule has 1 aromatic heterocycles. The van der Waals surface area contributed by atoms with Crippen LogP contribution in [0.1, 0.15) is 30.8 Å². The third-order valence-corrected chi connectivity index (χ3v) is 2.91. The Kier molecular flexibility index (Phi) is 2.68. The fourth-order valence-electron chi connectivity index (χ4n) is 1.72. The van der Waals surface area contributed by atoms with Gasteiger partial charge in [-0.25, -0.2) is 0 Å². The van der Waals surface area contributed by atoms with Gasteiger partial charge in [-0.2, -0.15) is 0 Å². The van der Waals surface area contributed by atoms with Crippen LogP contribution in [-0.2, 0) is 4.79 Å². The van der Waals surface area contributed by atoms with Gasteiger partial charge in [0.2, 0.25) is 11.8 Å². The normalized spacial score (nSPS) is 20.6. The topological polar surface area (TPSA) is 71.3 Å². The lowest BCUT2D eigenvalue weighted by molar-refractivity contribution is -0.118. The number of rotatable bonds is 3. The lowest BCUT2D eigenvalue weighted by atomic mass is 9.97. The molecule has 0 radical (unpaired) electrons. The molecule has 0 unspecified atom stereocenters. The first kappa shape index (κ1) is 10.7. The Balaban J connectivity index is 2.26. The minimum atomic E-state index is -0.303. The molecule has 0 spiro atoms. The third-order valence-electron chi connectivity index (χ3n) is 2.91. The second-order valence-electron chi connectivity index (χ2n) is 4.01. The number of carbonyl (C=O) groups excluding carboxylic acids is 2. The van der Waals surface area contributed by atoms with E-state index < -0.39 is 0 Å². The molecular weight excluding hydrogens is 208 g/mol. The number of nitrogens with one attached hydrogen (secondary N) is 2. The largest absolute Gasteiger partial charge is 0.436 e. The molecule has 1 aliphatic rings. The maximum absolute atomic E-state index is 11.8. The van der Waals surface area contributed by atoms with Crippen molar-refractivity contribution in [3.05, 3.63) is 11.8 Å². The minimum Gasteiger partial charge on any atom is -0.436 e. The molecule has 1 amide bonds. The first-order valence-electron chi connectivity index (χ1n) is 5.32. The molecule has 5 nitrogen and oxygen atoms in total. The van der Waals surface area contributed by atoms with Crippen LogP contribution < -0.4 is 10.6 Å². The molecule has 2 atom stereocenters. The lowest BCUT2D eigenvalue weighted by Gasteiger charge is -2.27. The van der Waals surface area contributed by atoms with Gasteiger partial charge in [0.25, 0.3) is 0 Å². The summed E-state index contributed by atoms with van der Waals surface area (Å²) in [6, 6.07) is 1.21. The van der Waals surface area contributed by atoms with E-state index >= 15 is 0 Å². The van der Waals surface area contributed by atoms with E-state index in [4.69, 9.17) is 4.42 Å². The van der Waals surface area contributed by atoms with E-state index in [1.54, 1.807) is 0 Å². The van der Waals surface area contributed by atoms with Crippen LogP contribution in [0.25, 0.3) is 0 Å². The van der Waals surface area contributed by atoms with Gasteiger partial charge in [-0.05, 0) is 5.92 Å². The van der Waals surface area contributed by atoms with Crippen molar-refractivity contribution >= 4 is 23.8 Å². The van der Waals surface area contributed by atoms with Crippen LogP contribution >= 0.6 is 0 Å². The number of hydrogen-bond acceptors (Lipinski definition) is 4. The number of aldehydes is 1. The van der Waals surface area contributed by atoms with Gasteiger partial charge in [0.15, 0.2) is 12.0 Å². The number of anilines is 2. The van der Waals surface area contributed by atoms with E-state index in [9.17, 15) is 9.59 Å². The zero-order chi connectivity index (χ0) is 11.7. The summed E-state index contributed by atoms with van der Waals surface area (Å²) in [6.45, 7) is 4.01. The Morgan fingerprint density at radius 3 is 3.00 bits per heavy atom. The lowest BCUT2D eigenvalue weighted by Crippen LogP contribution is -2.42. The minimum absolute atomic E-state index is 0.0832. The molecule has 0 fully saturated rings. The van der Waals surface area contributed by atoms with Crippen LogP contribution in [-0.4, -0.2) is 18.2 Å². The van der Waals surface area contributed by atoms with Crippen molar-refractivity contribution in [1.82, 2.24) is 0 Å². The quantitative estimate of drug-likeness (QED) is 0.766. The molecule has 2 N–H and O–H groups in total. The van der Waals surface area contributed by atoms with Crippen LogP contribution in [0.2, 0.25) is 0 Å². The van der Waals surface area contributed by atoms with E-state index in [1.165, 1.54) is 6.07 Å². The predicted molar refractivity (Wildman–Crippen MR) is 59.6 cm³/mol. The molecule has 86 valence electrons. The van der Waals surface area contributed by atoms with Crippen LogP contribution in [0.3, 0.4) is 0 Å². The Labute approximate surface area is 93.2 Å². The Hall–Kier alpha value is -1.78. The van der Waals surface area contributed by atoms with E-state index in [-0.39, 0.29) is 23.6 Å². The van der Waals surface area contributed by atoms with Crippen LogP contribution in [0.4, 0.5) is 11.6 Å². The van der Waals surface area contributed by atoms with Gasteiger partial charge in [-0.3, -0.25) is 9.59 Å². The summed E-state index contributed by atoms with van der Waals surface area (Å²) in [6.07, 6.45) is 1.51. The Bertz CT molecular complexity index is 425. The first-order valence-corrected chi connectivity index (χ1v) is 5.32. The van der Waals surface area contributed by atoms with Gasteiger partial charge in [-0.15, -0.1) is 0 Å².